The Kier molecular flexibility index (Phi) is 7.60. The monoisotopic (exact) mass is 517 g/mol. The highest BCUT2D eigenvalue weighted by molar-refractivity contribution is 6.01. The molecule has 1 saturated heterocycles. The molecule has 2 heterocycles. The lowest BCUT2D eigenvalue weighted by Crippen LogP contribution is -2.46. The van der Waals surface area contributed by atoms with E-state index in [1.165, 1.54) is 33.8 Å². The average Bonchev–Trinajstić information content (AvgIpc) is 3.61. The van der Waals surface area contributed by atoms with Crippen molar-refractivity contribution in [1.82, 2.24) is 20.3 Å². The SMILES string of the molecule is COc1ccc([C@H](C(=O)NC[C@@H]2CCCO2)N(C(=O)Cn2nnc3ccccc32)c2ccc(F)cc2)cc1. The number of hydrogen-bond acceptors (Lipinski definition) is 6. The van der Waals surface area contributed by atoms with E-state index in [4.69, 9.17) is 9.47 Å². The Morgan fingerprint density at radius 1 is 1.13 bits per heavy atom. The average molecular weight is 518 g/mol. The maximum Gasteiger partial charge on any atom is 0.249 e. The maximum atomic E-state index is 14.0. The van der Waals surface area contributed by atoms with E-state index in [-0.39, 0.29) is 18.6 Å². The zero-order valence-corrected chi connectivity index (χ0v) is 20.9. The Balaban J connectivity index is 1.53. The second-order valence-corrected chi connectivity index (χ2v) is 9.03. The zero-order valence-electron chi connectivity index (χ0n) is 20.9. The van der Waals surface area contributed by atoms with Crippen molar-refractivity contribution in [3.05, 3.63) is 84.2 Å². The van der Waals surface area contributed by atoms with Gasteiger partial charge in [-0.25, -0.2) is 9.07 Å². The van der Waals surface area contributed by atoms with Gasteiger partial charge in [0.2, 0.25) is 11.8 Å². The lowest BCUT2D eigenvalue weighted by molar-refractivity contribution is -0.127. The van der Waals surface area contributed by atoms with Gasteiger partial charge in [0.25, 0.3) is 0 Å². The van der Waals surface area contributed by atoms with Crippen LogP contribution in [0.25, 0.3) is 11.0 Å². The van der Waals surface area contributed by atoms with Gasteiger partial charge >= 0.3 is 0 Å². The van der Waals surface area contributed by atoms with Crippen LogP contribution in [0.4, 0.5) is 10.1 Å². The number of rotatable bonds is 9. The van der Waals surface area contributed by atoms with E-state index in [0.717, 1.165) is 12.8 Å². The summed E-state index contributed by atoms with van der Waals surface area (Å²) in [6.07, 6.45) is 1.72. The van der Waals surface area contributed by atoms with E-state index >= 15 is 0 Å². The molecule has 5 rings (SSSR count). The van der Waals surface area contributed by atoms with Gasteiger partial charge in [0.1, 0.15) is 29.7 Å². The van der Waals surface area contributed by atoms with Gasteiger partial charge in [0.05, 0.1) is 18.7 Å². The minimum absolute atomic E-state index is 0.0769. The fourth-order valence-electron chi connectivity index (χ4n) is 4.60. The van der Waals surface area contributed by atoms with Crippen molar-refractivity contribution < 1.29 is 23.5 Å². The van der Waals surface area contributed by atoms with Crippen molar-refractivity contribution >= 4 is 28.5 Å². The molecule has 1 aliphatic heterocycles. The second-order valence-electron chi connectivity index (χ2n) is 9.03. The number of amides is 2. The molecule has 0 saturated carbocycles. The molecule has 0 spiro atoms. The summed E-state index contributed by atoms with van der Waals surface area (Å²) in [5.41, 5.74) is 2.27. The van der Waals surface area contributed by atoms with Gasteiger partial charge in [-0.05, 0) is 66.9 Å². The van der Waals surface area contributed by atoms with E-state index < -0.39 is 17.8 Å². The van der Waals surface area contributed by atoms with Crippen LogP contribution in [0.5, 0.6) is 5.75 Å². The normalized spacial score (nSPS) is 15.8. The standard InChI is InChI=1S/C28H28FN5O4/c1-37-22-14-8-19(9-15-22)27(28(36)30-17-23-5-4-16-38-23)34(21-12-10-20(29)11-13-21)26(35)18-33-25-7-3-2-6-24(25)31-32-33/h2-3,6-15,23,27H,4-5,16-18H2,1H3,(H,30,36)/t23-,27+/m0/s1. The van der Waals surface area contributed by atoms with Gasteiger partial charge in [0.15, 0.2) is 0 Å². The van der Waals surface area contributed by atoms with E-state index in [9.17, 15) is 14.0 Å². The highest BCUT2D eigenvalue weighted by Gasteiger charge is 2.34. The molecule has 0 radical (unpaired) electrons. The minimum atomic E-state index is -1.05. The number of hydrogen-bond donors (Lipinski definition) is 1. The number of carbonyl (C=O) groups excluding carboxylic acids is 2. The molecule has 10 heteroatoms. The molecule has 0 aliphatic carbocycles. The molecule has 1 fully saturated rings. The van der Waals surface area contributed by atoms with Crippen molar-refractivity contribution in [2.45, 2.75) is 31.5 Å². The van der Waals surface area contributed by atoms with E-state index in [1.54, 1.807) is 37.4 Å². The predicted molar refractivity (Wildman–Crippen MR) is 139 cm³/mol. The first-order chi connectivity index (χ1) is 18.5. The molecule has 196 valence electrons. The Morgan fingerprint density at radius 3 is 2.61 bits per heavy atom. The smallest absolute Gasteiger partial charge is 0.249 e. The largest absolute Gasteiger partial charge is 0.497 e. The van der Waals surface area contributed by atoms with E-state index in [2.05, 4.69) is 15.6 Å². The fourth-order valence-corrected chi connectivity index (χ4v) is 4.60. The van der Waals surface area contributed by atoms with Crippen LogP contribution >= 0.6 is 0 Å². The quantitative estimate of drug-likeness (QED) is 0.364. The number of benzene rings is 3. The Morgan fingerprint density at radius 2 is 1.89 bits per heavy atom. The number of nitrogens with zero attached hydrogens (tertiary/aromatic N) is 4. The summed E-state index contributed by atoms with van der Waals surface area (Å²) < 4.78 is 26.3. The highest BCUT2D eigenvalue weighted by atomic mass is 19.1. The molecule has 2 atom stereocenters. The van der Waals surface area contributed by atoms with Crippen LogP contribution in [0.2, 0.25) is 0 Å². The topological polar surface area (TPSA) is 98.6 Å². The number of methoxy groups -OCH3 is 1. The molecule has 38 heavy (non-hydrogen) atoms. The Bertz CT molecular complexity index is 1400. The zero-order chi connectivity index (χ0) is 26.5. The number of halogens is 1. The Hall–Kier alpha value is -4.31. The van der Waals surface area contributed by atoms with Crippen molar-refractivity contribution in [1.29, 1.82) is 0 Å². The summed E-state index contributed by atoms with van der Waals surface area (Å²) in [4.78, 5) is 29.1. The Labute approximate surface area is 219 Å². The van der Waals surface area contributed by atoms with E-state index in [0.29, 0.717) is 41.2 Å². The van der Waals surface area contributed by atoms with Crippen LogP contribution in [-0.2, 0) is 20.9 Å². The van der Waals surface area contributed by atoms with Gasteiger partial charge in [0, 0.05) is 18.8 Å². The first-order valence-corrected chi connectivity index (χ1v) is 12.4. The maximum absolute atomic E-state index is 14.0. The highest BCUT2D eigenvalue weighted by Crippen LogP contribution is 2.30. The molecule has 3 aromatic carbocycles. The molecule has 4 aromatic rings. The number of nitrogens with one attached hydrogen (secondary N) is 1. The molecule has 1 N–H and O–H groups in total. The predicted octanol–water partition coefficient (Wildman–Crippen LogP) is 3.65. The van der Waals surface area contributed by atoms with Crippen LogP contribution in [-0.4, -0.2) is 53.2 Å². The van der Waals surface area contributed by atoms with Crippen molar-refractivity contribution in [2.24, 2.45) is 0 Å². The molecular formula is C28H28FN5O4. The first-order valence-electron chi connectivity index (χ1n) is 12.4. The summed E-state index contributed by atoms with van der Waals surface area (Å²) in [6.45, 7) is 0.808. The van der Waals surface area contributed by atoms with E-state index in [1.807, 2.05) is 18.2 Å². The minimum Gasteiger partial charge on any atom is -0.497 e. The number of anilines is 1. The second kappa shape index (κ2) is 11.4. The van der Waals surface area contributed by atoms with Crippen LogP contribution in [0.3, 0.4) is 0 Å². The van der Waals surface area contributed by atoms with Crippen LogP contribution in [0, 0.1) is 5.82 Å². The summed E-state index contributed by atoms with van der Waals surface area (Å²) >= 11 is 0. The molecule has 0 bridgehead atoms. The van der Waals surface area contributed by atoms with Gasteiger partial charge in [-0.3, -0.25) is 14.5 Å². The summed E-state index contributed by atoms with van der Waals surface area (Å²) in [6, 6.07) is 18.7. The number of fused-ring (bicyclic) bond motifs is 1. The third-order valence-corrected chi connectivity index (χ3v) is 6.54. The van der Waals surface area contributed by atoms with Crippen LogP contribution in [0.1, 0.15) is 24.4 Å². The molecule has 1 aliphatic rings. The van der Waals surface area contributed by atoms with Crippen LogP contribution < -0.4 is 15.0 Å². The third kappa shape index (κ3) is 5.50. The van der Waals surface area contributed by atoms with Gasteiger partial charge in [-0.1, -0.05) is 29.5 Å². The molecule has 0 unspecified atom stereocenters. The molecular weight excluding hydrogens is 489 g/mol. The van der Waals surface area contributed by atoms with Crippen molar-refractivity contribution in [2.75, 3.05) is 25.2 Å². The number of ether oxygens (including phenoxy) is 2. The first kappa shape index (κ1) is 25.3. The summed E-state index contributed by atoms with van der Waals surface area (Å²) in [5, 5.41) is 11.2. The number of para-hydroxylation sites is 1. The summed E-state index contributed by atoms with van der Waals surface area (Å²) in [7, 11) is 1.55. The van der Waals surface area contributed by atoms with Gasteiger partial charge < -0.3 is 14.8 Å². The lowest BCUT2D eigenvalue weighted by Gasteiger charge is -2.32. The lowest BCUT2D eigenvalue weighted by atomic mass is 10.0. The molecule has 9 nitrogen and oxygen atoms in total. The number of aromatic nitrogens is 3. The molecule has 1 aromatic heterocycles. The summed E-state index contributed by atoms with van der Waals surface area (Å²) in [5.74, 6) is -0.639. The van der Waals surface area contributed by atoms with Crippen LogP contribution in [0.15, 0.2) is 72.8 Å². The molecule has 2 amide bonds. The number of carbonyl (C=O) groups is 2. The van der Waals surface area contributed by atoms with Crippen molar-refractivity contribution in [3.8, 4) is 5.75 Å². The van der Waals surface area contributed by atoms with Gasteiger partial charge in [-0.15, -0.1) is 5.10 Å². The third-order valence-electron chi connectivity index (χ3n) is 6.54. The fraction of sp³-hybridized carbons (Fsp3) is 0.286. The van der Waals surface area contributed by atoms with Crippen molar-refractivity contribution in [3.63, 3.8) is 0 Å². The van der Waals surface area contributed by atoms with Gasteiger partial charge in [-0.2, -0.15) is 0 Å².